The minimum atomic E-state index is -0.126. The number of ether oxygens (including phenoxy) is 1. The van der Waals surface area contributed by atoms with Gasteiger partial charge in [-0.05, 0) is 68.5 Å². The van der Waals surface area contributed by atoms with E-state index in [-0.39, 0.29) is 11.9 Å². The van der Waals surface area contributed by atoms with Crippen LogP contribution < -0.4 is 4.90 Å². The van der Waals surface area contributed by atoms with Gasteiger partial charge in [-0.25, -0.2) is 4.99 Å². The molecule has 1 saturated carbocycles. The predicted octanol–water partition coefficient (Wildman–Crippen LogP) is 5.93. The van der Waals surface area contributed by atoms with Gasteiger partial charge in [-0.3, -0.25) is 9.69 Å². The SMILES string of the molecule is CCN(CC)c1ccc(/C=C2/O/C(=N/C3CCCCC3)N(Cc3ccccc3)C2=O)cc1C. The Morgan fingerprint density at radius 2 is 1.79 bits per heavy atom. The zero-order valence-electron chi connectivity index (χ0n) is 20.1. The zero-order chi connectivity index (χ0) is 23.2. The summed E-state index contributed by atoms with van der Waals surface area (Å²) >= 11 is 0. The van der Waals surface area contributed by atoms with Gasteiger partial charge in [0.1, 0.15) is 0 Å². The zero-order valence-corrected chi connectivity index (χ0v) is 20.1. The van der Waals surface area contributed by atoms with Gasteiger partial charge in [0, 0.05) is 18.8 Å². The molecule has 1 saturated heterocycles. The molecular weight excluding hydrogens is 410 g/mol. The van der Waals surface area contributed by atoms with Crippen LogP contribution in [0.5, 0.6) is 0 Å². The summed E-state index contributed by atoms with van der Waals surface area (Å²) in [5.41, 5.74) is 4.44. The summed E-state index contributed by atoms with van der Waals surface area (Å²) < 4.78 is 6.10. The summed E-state index contributed by atoms with van der Waals surface area (Å²) in [7, 11) is 0. The van der Waals surface area contributed by atoms with E-state index in [1.54, 1.807) is 4.90 Å². The van der Waals surface area contributed by atoms with Crippen LogP contribution in [0.3, 0.4) is 0 Å². The molecule has 5 heteroatoms. The van der Waals surface area contributed by atoms with Crippen molar-refractivity contribution < 1.29 is 9.53 Å². The van der Waals surface area contributed by atoms with Crippen LogP contribution in [0, 0.1) is 6.92 Å². The van der Waals surface area contributed by atoms with E-state index in [4.69, 9.17) is 9.73 Å². The van der Waals surface area contributed by atoms with Crippen molar-refractivity contribution in [1.29, 1.82) is 0 Å². The summed E-state index contributed by atoms with van der Waals surface area (Å²) in [4.78, 5) is 22.3. The summed E-state index contributed by atoms with van der Waals surface area (Å²) in [5.74, 6) is 0.217. The van der Waals surface area contributed by atoms with Crippen LogP contribution in [-0.4, -0.2) is 36.0 Å². The Labute approximate surface area is 197 Å². The van der Waals surface area contributed by atoms with Crippen molar-refractivity contribution in [2.24, 2.45) is 4.99 Å². The molecule has 2 aromatic rings. The second-order valence-corrected chi connectivity index (χ2v) is 8.91. The number of rotatable bonds is 7. The Bertz CT molecular complexity index is 1020. The Balaban J connectivity index is 1.62. The lowest BCUT2D eigenvalue weighted by atomic mass is 9.96. The smallest absolute Gasteiger partial charge is 0.300 e. The highest BCUT2D eigenvalue weighted by Gasteiger charge is 2.35. The first kappa shape index (κ1) is 23.1. The average Bonchev–Trinajstić information content (AvgIpc) is 3.11. The number of benzene rings is 2. The van der Waals surface area contributed by atoms with E-state index in [1.807, 2.05) is 36.4 Å². The highest BCUT2D eigenvalue weighted by molar-refractivity contribution is 6.11. The quantitative estimate of drug-likeness (QED) is 0.496. The van der Waals surface area contributed by atoms with Crippen LogP contribution in [0.1, 0.15) is 62.6 Å². The number of carbonyl (C=O) groups is 1. The minimum Gasteiger partial charge on any atom is -0.420 e. The molecule has 0 bridgehead atoms. The summed E-state index contributed by atoms with van der Waals surface area (Å²) in [5, 5.41) is 0. The Morgan fingerprint density at radius 1 is 1.06 bits per heavy atom. The Kier molecular flexibility index (Phi) is 7.48. The third kappa shape index (κ3) is 5.47. The van der Waals surface area contributed by atoms with E-state index in [0.29, 0.717) is 18.3 Å². The number of hydrogen-bond donors (Lipinski definition) is 0. The van der Waals surface area contributed by atoms with Crippen molar-refractivity contribution in [3.63, 3.8) is 0 Å². The highest BCUT2D eigenvalue weighted by atomic mass is 16.5. The van der Waals surface area contributed by atoms with E-state index >= 15 is 0 Å². The summed E-state index contributed by atoms with van der Waals surface area (Å²) in [6.45, 7) is 8.84. The third-order valence-electron chi connectivity index (χ3n) is 6.56. The second-order valence-electron chi connectivity index (χ2n) is 8.91. The summed E-state index contributed by atoms with van der Waals surface area (Å²) in [6.07, 6.45) is 7.62. The Morgan fingerprint density at radius 3 is 2.45 bits per heavy atom. The predicted molar refractivity (Wildman–Crippen MR) is 135 cm³/mol. The number of aryl methyl sites for hydroxylation is 1. The molecule has 1 heterocycles. The second kappa shape index (κ2) is 10.7. The highest BCUT2D eigenvalue weighted by Crippen LogP contribution is 2.27. The molecule has 0 radical (unpaired) electrons. The van der Waals surface area contributed by atoms with Crippen molar-refractivity contribution in [3.05, 3.63) is 71.0 Å². The molecule has 1 amide bonds. The number of nitrogens with zero attached hydrogens (tertiary/aromatic N) is 3. The molecule has 5 nitrogen and oxygen atoms in total. The number of carbonyl (C=O) groups excluding carboxylic acids is 1. The monoisotopic (exact) mass is 445 g/mol. The maximum Gasteiger partial charge on any atom is 0.300 e. The van der Waals surface area contributed by atoms with Crippen molar-refractivity contribution in [2.75, 3.05) is 18.0 Å². The first-order valence-electron chi connectivity index (χ1n) is 12.3. The number of amidine groups is 1. The van der Waals surface area contributed by atoms with E-state index in [2.05, 4.69) is 43.9 Å². The van der Waals surface area contributed by atoms with Crippen LogP contribution in [0.2, 0.25) is 0 Å². The van der Waals surface area contributed by atoms with Crippen LogP contribution in [-0.2, 0) is 16.1 Å². The van der Waals surface area contributed by atoms with Crippen LogP contribution in [0.15, 0.2) is 59.3 Å². The van der Waals surface area contributed by atoms with Crippen molar-refractivity contribution >= 4 is 23.7 Å². The lowest BCUT2D eigenvalue weighted by Gasteiger charge is -2.23. The standard InChI is InChI=1S/C28H35N3O2/c1-4-30(5-2)25-17-16-23(18-21(25)3)19-26-27(32)31(20-22-12-8-6-9-13-22)28(33-26)29-24-14-10-7-11-15-24/h6,8-9,12-13,16-19,24H,4-5,7,10-11,14-15,20H2,1-3H3/b26-19+,29-28+. The number of aliphatic imine (C=N–C) groups is 1. The lowest BCUT2D eigenvalue weighted by Crippen LogP contribution is -2.30. The molecule has 0 atom stereocenters. The molecule has 1 aliphatic carbocycles. The van der Waals surface area contributed by atoms with Crippen molar-refractivity contribution in [1.82, 2.24) is 4.90 Å². The largest absolute Gasteiger partial charge is 0.420 e. The molecule has 0 aromatic heterocycles. The fourth-order valence-corrected chi connectivity index (χ4v) is 4.71. The molecule has 4 rings (SSSR count). The molecule has 2 aliphatic rings. The van der Waals surface area contributed by atoms with Crippen LogP contribution >= 0.6 is 0 Å². The molecule has 1 aliphatic heterocycles. The van der Waals surface area contributed by atoms with Gasteiger partial charge in [0.15, 0.2) is 5.76 Å². The molecule has 174 valence electrons. The normalized spacial score (nSPS) is 19.4. The molecule has 33 heavy (non-hydrogen) atoms. The first-order valence-corrected chi connectivity index (χ1v) is 12.3. The van der Waals surface area contributed by atoms with Gasteiger partial charge in [0.25, 0.3) is 5.91 Å². The van der Waals surface area contributed by atoms with Gasteiger partial charge in [-0.15, -0.1) is 0 Å². The first-order chi connectivity index (χ1) is 16.1. The lowest BCUT2D eigenvalue weighted by molar-refractivity contribution is -0.123. The van der Waals surface area contributed by atoms with Gasteiger partial charge < -0.3 is 9.64 Å². The average molecular weight is 446 g/mol. The van der Waals surface area contributed by atoms with E-state index in [0.717, 1.165) is 37.1 Å². The van der Waals surface area contributed by atoms with Gasteiger partial charge in [0.2, 0.25) is 0 Å². The molecular formula is C28H35N3O2. The fraction of sp³-hybridized carbons (Fsp3) is 0.429. The van der Waals surface area contributed by atoms with E-state index in [1.165, 1.54) is 30.5 Å². The van der Waals surface area contributed by atoms with Crippen molar-refractivity contribution in [2.45, 2.75) is 65.5 Å². The molecule has 0 spiro atoms. The minimum absolute atomic E-state index is 0.126. The van der Waals surface area contributed by atoms with Gasteiger partial charge in [0.05, 0.1) is 12.6 Å². The molecule has 0 N–H and O–H groups in total. The van der Waals surface area contributed by atoms with E-state index < -0.39 is 0 Å². The Hall–Kier alpha value is -3.08. The summed E-state index contributed by atoms with van der Waals surface area (Å²) in [6, 6.07) is 17.0. The van der Waals surface area contributed by atoms with Crippen molar-refractivity contribution in [3.8, 4) is 0 Å². The van der Waals surface area contributed by atoms with Crippen LogP contribution in [0.4, 0.5) is 5.69 Å². The van der Waals surface area contributed by atoms with Gasteiger partial charge in [-0.1, -0.05) is 55.7 Å². The maximum atomic E-state index is 13.4. The number of hydrogen-bond acceptors (Lipinski definition) is 4. The third-order valence-corrected chi connectivity index (χ3v) is 6.56. The number of amides is 1. The molecule has 2 aromatic carbocycles. The topological polar surface area (TPSA) is 45.1 Å². The number of anilines is 1. The maximum absolute atomic E-state index is 13.4. The fourth-order valence-electron chi connectivity index (χ4n) is 4.71. The van der Waals surface area contributed by atoms with E-state index in [9.17, 15) is 4.79 Å². The van der Waals surface area contributed by atoms with Gasteiger partial charge >= 0.3 is 6.02 Å². The molecule has 0 unspecified atom stereocenters. The van der Waals surface area contributed by atoms with Gasteiger partial charge in [-0.2, -0.15) is 0 Å². The molecule has 2 fully saturated rings. The van der Waals surface area contributed by atoms with Crippen LogP contribution in [0.25, 0.3) is 6.08 Å².